The molecule has 13 heavy (non-hydrogen) atoms. The second-order valence-corrected chi connectivity index (χ2v) is 2.67. The maximum absolute atomic E-state index is 9.35. The molecule has 5 nitrogen and oxygen atoms in total. The van der Waals surface area contributed by atoms with Crippen LogP contribution in [0.1, 0.15) is 5.69 Å². The largest absolute Gasteiger partial charge is 0.492 e. The summed E-state index contributed by atoms with van der Waals surface area (Å²) in [6.07, 6.45) is 1.54. The predicted molar refractivity (Wildman–Crippen MR) is 45.4 cm³/mol. The van der Waals surface area contributed by atoms with Crippen molar-refractivity contribution in [3.05, 3.63) is 18.0 Å². The Morgan fingerprint density at radius 3 is 2.54 bits per heavy atom. The highest BCUT2D eigenvalue weighted by Gasteiger charge is 2.09. The number of nitrogens with zero attached hydrogens (tertiary/aromatic N) is 3. The molecule has 0 bridgehead atoms. The summed E-state index contributed by atoms with van der Waals surface area (Å²) in [5.41, 5.74) is 0.611. The van der Waals surface area contributed by atoms with Crippen molar-refractivity contribution in [1.82, 2.24) is 15.2 Å². The molecule has 0 aliphatic carbocycles. The van der Waals surface area contributed by atoms with Crippen molar-refractivity contribution in [3.63, 3.8) is 0 Å². The average Bonchev–Trinajstić information content (AvgIpc) is 2.12. The van der Waals surface area contributed by atoms with Gasteiger partial charge in [-0.25, -0.2) is 0 Å². The van der Waals surface area contributed by atoms with Crippen molar-refractivity contribution in [2.75, 3.05) is 0 Å². The van der Waals surface area contributed by atoms with E-state index in [1.165, 1.54) is 0 Å². The van der Waals surface area contributed by atoms with Crippen molar-refractivity contribution < 1.29 is 10.2 Å². The van der Waals surface area contributed by atoms with Crippen molar-refractivity contribution in [3.8, 4) is 11.8 Å². The molecule has 0 aromatic carbocycles. The Hall–Kier alpha value is -1.91. The first-order valence-electron chi connectivity index (χ1n) is 3.70. The van der Waals surface area contributed by atoms with Crippen molar-refractivity contribution >= 4 is 10.8 Å². The normalized spacial score (nSPS) is 10.5. The Bertz CT molecular complexity index is 462. The van der Waals surface area contributed by atoms with Crippen molar-refractivity contribution in [2.24, 2.45) is 0 Å². The predicted octanol–water partition coefficient (Wildman–Crippen LogP) is 0.744. The fourth-order valence-corrected chi connectivity index (χ4v) is 1.23. The van der Waals surface area contributed by atoms with Gasteiger partial charge in [0.25, 0.3) is 0 Å². The molecule has 0 amide bonds. The Kier molecular flexibility index (Phi) is 1.51. The third kappa shape index (κ3) is 1.05. The van der Waals surface area contributed by atoms with Crippen LogP contribution in [0.25, 0.3) is 10.8 Å². The minimum atomic E-state index is -0.210. The summed E-state index contributed by atoms with van der Waals surface area (Å²) in [5, 5.41) is 26.3. The first-order chi connectivity index (χ1) is 6.20. The highest BCUT2D eigenvalue weighted by molar-refractivity contribution is 5.91. The van der Waals surface area contributed by atoms with Crippen LogP contribution < -0.4 is 0 Å². The minimum Gasteiger partial charge on any atom is -0.492 e. The molecule has 2 rings (SSSR count). The van der Waals surface area contributed by atoms with Crippen LogP contribution in [-0.2, 0) is 0 Å². The maximum atomic E-state index is 9.35. The number of fused-ring (bicyclic) bond motifs is 1. The maximum Gasteiger partial charge on any atom is 0.241 e. The second-order valence-electron chi connectivity index (χ2n) is 2.67. The van der Waals surface area contributed by atoms with E-state index >= 15 is 0 Å². The van der Waals surface area contributed by atoms with E-state index in [4.69, 9.17) is 0 Å². The zero-order valence-electron chi connectivity index (χ0n) is 6.89. The molecule has 0 fully saturated rings. The SMILES string of the molecule is Cc1nccc2c(O)nnc(O)c12. The highest BCUT2D eigenvalue weighted by Crippen LogP contribution is 2.28. The zero-order valence-corrected chi connectivity index (χ0v) is 6.89. The molecule has 0 atom stereocenters. The van der Waals surface area contributed by atoms with Gasteiger partial charge in [0.05, 0.1) is 16.5 Å². The van der Waals surface area contributed by atoms with Crippen LogP contribution >= 0.6 is 0 Å². The fourth-order valence-electron chi connectivity index (χ4n) is 1.23. The molecule has 5 heteroatoms. The van der Waals surface area contributed by atoms with E-state index in [-0.39, 0.29) is 11.8 Å². The summed E-state index contributed by atoms with van der Waals surface area (Å²) in [7, 11) is 0. The van der Waals surface area contributed by atoms with Gasteiger partial charge in [-0.05, 0) is 13.0 Å². The lowest BCUT2D eigenvalue weighted by Crippen LogP contribution is -1.89. The fraction of sp³-hybridized carbons (Fsp3) is 0.125. The number of hydrogen-bond acceptors (Lipinski definition) is 5. The third-order valence-corrected chi connectivity index (χ3v) is 1.84. The topological polar surface area (TPSA) is 79.1 Å². The van der Waals surface area contributed by atoms with Crippen LogP contribution in [0, 0.1) is 6.92 Å². The van der Waals surface area contributed by atoms with Crippen molar-refractivity contribution in [1.29, 1.82) is 0 Å². The number of aromatic nitrogens is 3. The third-order valence-electron chi connectivity index (χ3n) is 1.84. The van der Waals surface area contributed by atoms with Gasteiger partial charge in [0.1, 0.15) is 0 Å². The van der Waals surface area contributed by atoms with E-state index < -0.39 is 0 Å². The first kappa shape index (κ1) is 7.72. The molecule has 2 N–H and O–H groups in total. The first-order valence-corrected chi connectivity index (χ1v) is 3.70. The van der Waals surface area contributed by atoms with Gasteiger partial charge in [-0.2, -0.15) is 0 Å². The molecule has 0 radical (unpaired) electrons. The van der Waals surface area contributed by atoms with Gasteiger partial charge in [0, 0.05) is 6.20 Å². The summed E-state index contributed by atoms with van der Waals surface area (Å²) in [4.78, 5) is 3.97. The summed E-state index contributed by atoms with van der Waals surface area (Å²) >= 11 is 0. The molecule has 2 aromatic rings. The number of rotatable bonds is 0. The monoisotopic (exact) mass is 177 g/mol. The van der Waals surface area contributed by atoms with Gasteiger partial charge >= 0.3 is 0 Å². The van der Waals surface area contributed by atoms with Crippen LogP contribution in [0.4, 0.5) is 0 Å². The Morgan fingerprint density at radius 1 is 1.15 bits per heavy atom. The lowest BCUT2D eigenvalue weighted by Gasteiger charge is -2.02. The van der Waals surface area contributed by atoms with E-state index in [1.807, 2.05) is 0 Å². The average molecular weight is 177 g/mol. The number of aromatic hydroxyl groups is 2. The standard InChI is InChI=1S/C8H7N3O2/c1-4-6-5(2-3-9-4)7(12)10-11-8(6)13/h2-3H,1H3,(H,10,12)(H,11,13). The molecular weight excluding hydrogens is 170 g/mol. The highest BCUT2D eigenvalue weighted by atomic mass is 16.3. The molecular formula is C8H7N3O2. The van der Waals surface area contributed by atoms with Crippen LogP contribution in [0.5, 0.6) is 11.8 Å². The lowest BCUT2D eigenvalue weighted by atomic mass is 10.2. The lowest BCUT2D eigenvalue weighted by molar-refractivity contribution is 0.424. The van der Waals surface area contributed by atoms with Crippen LogP contribution in [0.3, 0.4) is 0 Å². The van der Waals surface area contributed by atoms with Gasteiger partial charge < -0.3 is 10.2 Å². The van der Waals surface area contributed by atoms with E-state index in [0.29, 0.717) is 16.5 Å². The molecule has 0 saturated carbocycles. The number of aryl methyl sites for hydroxylation is 1. The smallest absolute Gasteiger partial charge is 0.241 e. The van der Waals surface area contributed by atoms with Gasteiger partial charge in [0.15, 0.2) is 0 Å². The van der Waals surface area contributed by atoms with Crippen LogP contribution in [0.15, 0.2) is 12.3 Å². The summed E-state index contributed by atoms with van der Waals surface area (Å²) in [6, 6.07) is 1.58. The van der Waals surface area contributed by atoms with E-state index in [1.54, 1.807) is 19.2 Å². The van der Waals surface area contributed by atoms with Crippen molar-refractivity contribution in [2.45, 2.75) is 6.92 Å². The molecule has 0 saturated heterocycles. The van der Waals surface area contributed by atoms with Gasteiger partial charge in [-0.3, -0.25) is 4.98 Å². The molecule has 2 aromatic heterocycles. The van der Waals surface area contributed by atoms with Gasteiger partial charge in [0.2, 0.25) is 11.8 Å². The van der Waals surface area contributed by atoms with E-state index in [0.717, 1.165) is 0 Å². The molecule has 0 unspecified atom stereocenters. The van der Waals surface area contributed by atoms with Gasteiger partial charge in [-0.1, -0.05) is 0 Å². The molecule has 0 aliphatic heterocycles. The Labute approximate surface area is 73.7 Å². The van der Waals surface area contributed by atoms with E-state index in [2.05, 4.69) is 15.2 Å². The second kappa shape index (κ2) is 2.55. The summed E-state index contributed by atoms with van der Waals surface area (Å²) in [6.45, 7) is 1.73. The molecule has 66 valence electrons. The van der Waals surface area contributed by atoms with E-state index in [9.17, 15) is 10.2 Å². The number of pyridine rings is 1. The summed E-state index contributed by atoms with van der Waals surface area (Å²) in [5.74, 6) is -0.406. The van der Waals surface area contributed by atoms with Crippen LogP contribution in [0.2, 0.25) is 0 Å². The zero-order chi connectivity index (χ0) is 9.42. The Balaban J connectivity index is 3.00. The summed E-state index contributed by atoms with van der Waals surface area (Å²) < 4.78 is 0. The quantitative estimate of drug-likeness (QED) is 0.620. The van der Waals surface area contributed by atoms with Crippen LogP contribution in [-0.4, -0.2) is 25.4 Å². The number of hydrogen-bond donors (Lipinski definition) is 2. The van der Waals surface area contributed by atoms with Gasteiger partial charge in [-0.15, -0.1) is 10.2 Å². The molecule has 0 spiro atoms. The molecule has 2 heterocycles. The minimum absolute atomic E-state index is 0.196. The Morgan fingerprint density at radius 2 is 1.85 bits per heavy atom. The molecule has 0 aliphatic rings.